The fourth-order valence-electron chi connectivity index (χ4n) is 2.88. The minimum atomic E-state index is -1.42. The fourth-order valence-corrected chi connectivity index (χ4v) is 2.88. The van der Waals surface area contributed by atoms with Gasteiger partial charge >= 0.3 is 0 Å². The number of aromatic nitrogens is 3. The molecule has 2 heterocycles. The first kappa shape index (κ1) is 23.1. The molecular weight excluding hydrogens is 374 g/mol. The summed E-state index contributed by atoms with van der Waals surface area (Å²) in [7, 11) is 0. The molecule has 0 radical (unpaired) electrons. The van der Waals surface area contributed by atoms with Crippen molar-refractivity contribution in [3.63, 3.8) is 0 Å². The van der Waals surface area contributed by atoms with E-state index in [2.05, 4.69) is 10.3 Å². The van der Waals surface area contributed by atoms with Gasteiger partial charge in [0.1, 0.15) is 24.4 Å². The van der Waals surface area contributed by atoms with Crippen LogP contribution in [0, 0.1) is 0 Å². The number of aliphatic hydroxyl groups excluding tert-OH is 5. The maximum atomic E-state index is 9.89. The van der Waals surface area contributed by atoms with E-state index in [9.17, 15) is 15.3 Å². The molecule has 1 saturated heterocycles. The monoisotopic (exact) mass is 405 g/mol. The van der Waals surface area contributed by atoms with Crippen molar-refractivity contribution in [2.24, 2.45) is 0 Å². The van der Waals surface area contributed by atoms with Gasteiger partial charge in [0.2, 0.25) is 0 Å². The van der Waals surface area contributed by atoms with E-state index in [1.165, 1.54) is 0 Å². The van der Waals surface area contributed by atoms with Crippen LogP contribution in [-0.4, -0.2) is 104 Å². The van der Waals surface area contributed by atoms with Crippen molar-refractivity contribution in [1.29, 1.82) is 0 Å². The van der Waals surface area contributed by atoms with Crippen LogP contribution in [-0.2, 0) is 27.2 Å². The molecule has 1 fully saturated rings. The quantitative estimate of drug-likeness (QED) is 0.228. The van der Waals surface area contributed by atoms with Crippen LogP contribution in [0.25, 0.3) is 0 Å². The van der Waals surface area contributed by atoms with Gasteiger partial charge in [-0.2, -0.15) is 0 Å². The van der Waals surface area contributed by atoms with Gasteiger partial charge in [0, 0.05) is 12.8 Å². The van der Waals surface area contributed by atoms with Crippen LogP contribution in [0.15, 0.2) is 6.20 Å². The van der Waals surface area contributed by atoms with Gasteiger partial charge in [-0.15, -0.1) is 5.10 Å². The summed E-state index contributed by atoms with van der Waals surface area (Å²) in [6.07, 6.45) is -1.09. The van der Waals surface area contributed by atoms with E-state index in [-0.39, 0.29) is 6.61 Å². The van der Waals surface area contributed by atoms with Gasteiger partial charge in [0.25, 0.3) is 0 Å². The number of hydrogen-bond acceptors (Lipinski definition) is 10. The van der Waals surface area contributed by atoms with E-state index < -0.39 is 37.3 Å². The molecule has 1 aliphatic rings. The van der Waals surface area contributed by atoms with Gasteiger partial charge in [0.15, 0.2) is 6.29 Å². The molecule has 0 aliphatic carbocycles. The number of nitrogens with zero attached hydrogens (tertiary/aromatic N) is 3. The molecule has 0 spiro atoms. The largest absolute Gasteiger partial charge is 0.394 e. The molecule has 1 unspecified atom stereocenters. The minimum Gasteiger partial charge on any atom is -0.394 e. The van der Waals surface area contributed by atoms with Crippen LogP contribution < -0.4 is 0 Å². The zero-order valence-corrected chi connectivity index (χ0v) is 15.8. The number of aryl methyl sites for hydroxylation is 1. The van der Waals surface area contributed by atoms with Crippen molar-refractivity contribution in [2.45, 2.75) is 62.9 Å². The second kappa shape index (κ2) is 12.4. The van der Waals surface area contributed by atoms with E-state index in [1.807, 2.05) is 6.20 Å². The lowest BCUT2D eigenvalue weighted by atomic mass is 9.99. The Labute approximate surface area is 163 Å². The predicted octanol–water partition coefficient (Wildman–Crippen LogP) is -2.18. The van der Waals surface area contributed by atoms with Crippen molar-refractivity contribution in [1.82, 2.24) is 15.0 Å². The molecule has 5 N–H and O–H groups in total. The third-order valence-corrected chi connectivity index (χ3v) is 4.49. The summed E-state index contributed by atoms with van der Waals surface area (Å²) in [5.74, 6) is 0. The highest BCUT2D eigenvalue weighted by Crippen LogP contribution is 2.22. The van der Waals surface area contributed by atoms with Gasteiger partial charge in [-0.05, 0) is 19.3 Å². The number of rotatable bonds is 13. The van der Waals surface area contributed by atoms with Crippen LogP contribution in [0.1, 0.15) is 25.0 Å². The molecule has 162 valence electrons. The summed E-state index contributed by atoms with van der Waals surface area (Å²) in [5, 5.41) is 55.2. The van der Waals surface area contributed by atoms with Crippen LogP contribution in [0.2, 0.25) is 0 Å². The Kier molecular flexibility index (Phi) is 10.2. The third kappa shape index (κ3) is 7.01. The van der Waals surface area contributed by atoms with E-state index >= 15 is 0 Å². The molecule has 1 aromatic rings. The Morgan fingerprint density at radius 3 is 2.57 bits per heavy atom. The molecule has 1 aliphatic heterocycles. The van der Waals surface area contributed by atoms with Gasteiger partial charge < -0.3 is 39.7 Å². The zero-order valence-electron chi connectivity index (χ0n) is 15.8. The van der Waals surface area contributed by atoms with Crippen molar-refractivity contribution >= 4 is 0 Å². The highest BCUT2D eigenvalue weighted by Gasteiger charge is 2.43. The molecule has 0 bridgehead atoms. The standard InChI is InChI=1S/C17H31N3O8/c21-6-9-26-8-5-20-10-12(18-19-20)4-2-1-3-7-27-17-16(25)15(24)14(23)13(11-22)28-17/h10,13-17,21-25H,1-9,11H2/t13-,14-,15+,16+,17?/m1/s1. The summed E-state index contributed by atoms with van der Waals surface area (Å²) in [4.78, 5) is 0. The average molecular weight is 405 g/mol. The second-order valence-corrected chi connectivity index (χ2v) is 6.69. The molecule has 0 saturated carbocycles. The van der Waals surface area contributed by atoms with Crippen LogP contribution in [0.3, 0.4) is 0 Å². The number of unbranched alkanes of at least 4 members (excludes halogenated alkanes) is 2. The molecule has 5 atom stereocenters. The zero-order chi connectivity index (χ0) is 20.4. The molecule has 28 heavy (non-hydrogen) atoms. The second-order valence-electron chi connectivity index (χ2n) is 6.69. The summed E-state index contributed by atoms with van der Waals surface area (Å²) in [5.41, 5.74) is 0.886. The average Bonchev–Trinajstić information content (AvgIpc) is 3.15. The van der Waals surface area contributed by atoms with Gasteiger partial charge in [-0.3, -0.25) is 0 Å². The van der Waals surface area contributed by atoms with Crippen LogP contribution >= 0.6 is 0 Å². The Balaban J connectivity index is 1.57. The fraction of sp³-hybridized carbons (Fsp3) is 0.882. The molecule has 11 nitrogen and oxygen atoms in total. The number of ether oxygens (including phenoxy) is 3. The van der Waals surface area contributed by atoms with Crippen molar-refractivity contribution in [3.05, 3.63) is 11.9 Å². The van der Waals surface area contributed by atoms with E-state index in [4.69, 9.17) is 24.4 Å². The summed E-state index contributed by atoms with van der Waals surface area (Å²) in [6, 6.07) is 0. The van der Waals surface area contributed by atoms with E-state index in [0.717, 1.165) is 31.4 Å². The first-order chi connectivity index (χ1) is 13.6. The molecule has 0 aromatic carbocycles. The first-order valence-corrected chi connectivity index (χ1v) is 9.56. The SMILES string of the molecule is OCCOCCn1cc(CCCCCOC2O[C@H](CO)[C@@H](O)[C@H](O)[C@@H]2O)nn1. The predicted molar refractivity (Wildman–Crippen MR) is 95.2 cm³/mol. The van der Waals surface area contributed by atoms with E-state index in [0.29, 0.717) is 26.4 Å². The number of hydrogen-bond donors (Lipinski definition) is 5. The molecular formula is C17H31N3O8. The van der Waals surface area contributed by atoms with Crippen molar-refractivity contribution in [3.8, 4) is 0 Å². The molecule has 11 heteroatoms. The Morgan fingerprint density at radius 1 is 1.00 bits per heavy atom. The summed E-state index contributed by atoms with van der Waals surface area (Å²) < 4.78 is 17.6. The number of aliphatic hydroxyl groups is 5. The highest BCUT2D eigenvalue weighted by molar-refractivity contribution is 4.92. The van der Waals surface area contributed by atoms with Gasteiger partial charge in [-0.1, -0.05) is 11.6 Å². The normalized spacial score (nSPS) is 28.0. The lowest BCUT2D eigenvalue weighted by Gasteiger charge is -2.39. The maximum Gasteiger partial charge on any atom is 0.186 e. The first-order valence-electron chi connectivity index (χ1n) is 9.56. The van der Waals surface area contributed by atoms with E-state index in [1.54, 1.807) is 4.68 Å². The van der Waals surface area contributed by atoms with Crippen molar-refractivity contribution in [2.75, 3.05) is 33.0 Å². The lowest BCUT2D eigenvalue weighted by Crippen LogP contribution is -2.59. The van der Waals surface area contributed by atoms with Crippen LogP contribution in [0.4, 0.5) is 0 Å². The third-order valence-electron chi connectivity index (χ3n) is 4.49. The smallest absolute Gasteiger partial charge is 0.186 e. The van der Waals surface area contributed by atoms with Gasteiger partial charge in [-0.25, -0.2) is 4.68 Å². The Morgan fingerprint density at radius 2 is 1.82 bits per heavy atom. The Bertz CT molecular complexity index is 544. The minimum absolute atomic E-state index is 0.00268. The topological polar surface area (TPSA) is 160 Å². The molecule has 0 amide bonds. The summed E-state index contributed by atoms with van der Waals surface area (Å²) in [6.45, 7) is 1.21. The Hall–Kier alpha value is -1.18. The van der Waals surface area contributed by atoms with Gasteiger partial charge in [0.05, 0.1) is 38.7 Å². The lowest BCUT2D eigenvalue weighted by molar-refractivity contribution is -0.301. The highest BCUT2D eigenvalue weighted by atomic mass is 16.7. The molecule has 2 rings (SSSR count). The van der Waals surface area contributed by atoms with Crippen LogP contribution in [0.5, 0.6) is 0 Å². The maximum absolute atomic E-state index is 9.89. The molecule has 1 aromatic heterocycles. The summed E-state index contributed by atoms with van der Waals surface area (Å²) >= 11 is 0. The van der Waals surface area contributed by atoms with Crippen molar-refractivity contribution < 1.29 is 39.7 Å².